The van der Waals surface area contributed by atoms with Crippen molar-refractivity contribution < 1.29 is 9.53 Å². The monoisotopic (exact) mass is 367 g/mol. The van der Waals surface area contributed by atoms with Gasteiger partial charge >= 0.3 is 0 Å². The third-order valence-corrected chi connectivity index (χ3v) is 6.44. The lowest BCUT2D eigenvalue weighted by Crippen LogP contribution is -2.44. The van der Waals surface area contributed by atoms with Gasteiger partial charge in [-0.15, -0.1) is 0 Å². The Morgan fingerprint density at radius 1 is 1.11 bits per heavy atom. The van der Waals surface area contributed by atoms with Crippen molar-refractivity contribution in [2.45, 2.75) is 33.1 Å². The summed E-state index contributed by atoms with van der Waals surface area (Å²) in [4.78, 5) is 15.2. The van der Waals surface area contributed by atoms with Crippen molar-refractivity contribution in [3.05, 3.63) is 47.3 Å². The van der Waals surface area contributed by atoms with Crippen LogP contribution in [-0.4, -0.2) is 48.7 Å². The van der Waals surface area contributed by atoms with Gasteiger partial charge in [0.25, 0.3) is 5.91 Å². The van der Waals surface area contributed by atoms with Crippen molar-refractivity contribution >= 4 is 5.91 Å². The van der Waals surface area contributed by atoms with Crippen LogP contribution < -0.4 is 10.1 Å². The van der Waals surface area contributed by atoms with Crippen LogP contribution in [-0.2, 0) is 0 Å². The van der Waals surface area contributed by atoms with Crippen molar-refractivity contribution in [2.75, 3.05) is 33.3 Å². The zero-order chi connectivity index (χ0) is 19.0. The van der Waals surface area contributed by atoms with E-state index in [1.807, 2.05) is 42.2 Å². The molecule has 2 aliphatic rings. The third kappa shape index (κ3) is 3.25. The highest BCUT2D eigenvalue weighted by Gasteiger charge is 2.38. The highest BCUT2D eigenvalue weighted by atomic mass is 16.5. The minimum absolute atomic E-state index is 0.170. The fourth-order valence-corrected chi connectivity index (χ4v) is 4.68. The molecule has 3 heterocycles. The van der Waals surface area contributed by atoms with Crippen LogP contribution in [0, 0.1) is 19.3 Å². The molecule has 2 aromatic rings. The number of aromatic nitrogens is 1. The highest BCUT2D eigenvalue weighted by molar-refractivity contribution is 5.96. The van der Waals surface area contributed by atoms with Gasteiger partial charge in [0.1, 0.15) is 5.75 Å². The van der Waals surface area contributed by atoms with Gasteiger partial charge in [-0.05, 0) is 75.4 Å². The Balaban J connectivity index is 1.54. The quantitative estimate of drug-likeness (QED) is 0.905. The summed E-state index contributed by atoms with van der Waals surface area (Å²) in [6, 6.07) is 10.0. The predicted octanol–water partition coefficient (Wildman–Crippen LogP) is 3.32. The smallest absolute Gasteiger partial charge is 0.255 e. The molecule has 5 nitrogen and oxygen atoms in total. The van der Waals surface area contributed by atoms with Crippen molar-refractivity contribution in [3.8, 4) is 11.4 Å². The number of nitrogens with one attached hydrogen (secondary N) is 1. The molecule has 0 saturated carbocycles. The number of methoxy groups -OCH3 is 1. The molecule has 2 fully saturated rings. The van der Waals surface area contributed by atoms with E-state index < -0.39 is 0 Å². The van der Waals surface area contributed by atoms with Gasteiger partial charge in [0.2, 0.25) is 0 Å². The normalized spacial score (nSPS) is 18.9. The van der Waals surface area contributed by atoms with Crippen LogP contribution in [0.2, 0.25) is 0 Å². The maximum atomic E-state index is 13.2. The second-order valence-electron chi connectivity index (χ2n) is 8.04. The van der Waals surface area contributed by atoms with Gasteiger partial charge in [-0.1, -0.05) is 0 Å². The summed E-state index contributed by atoms with van der Waals surface area (Å²) in [5.74, 6) is 1.00. The van der Waals surface area contributed by atoms with E-state index in [2.05, 4.69) is 16.8 Å². The lowest BCUT2D eigenvalue weighted by atomic mass is 9.78. The van der Waals surface area contributed by atoms with E-state index in [9.17, 15) is 4.79 Å². The SMILES string of the molecule is COc1ccc(-n2c(C)cc(C(=O)N3CCC4(CCNC4)CC3)c2C)cc1. The summed E-state index contributed by atoms with van der Waals surface area (Å²) in [7, 11) is 1.67. The number of piperidine rings is 1. The third-order valence-electron chi connectivity index (χ3n) is 6.44. The molecule has 2 saturated heterocycles. The average molecular weight is 367 g/mol. The second kappa shape index (κ2) is 7.04. The van der Waals surface area contributed by atoms with E-state index in [1.165, 1.54) is 6.42 Å². The van der Waals surface area contributed by atoms with Crippen LogP contribution >= 0.6 is 0 Å². The molecule has 0 atom stereocenters. The molecule has 1 aromatic carbocycles. The number of hydrogen-bond acceptors (Lipinski definition) is 3. The van der Waals surface area contributed by atoms with Crippen molar-refractivity contribution in [3.63, 3.8) is 0 Å². The lowest BCUT2D eigenvalue weighted by molar-refractivity contribution is 0.0607. The molecule has 1 aromatic heterocycles. The molecule has 1 amide bonds. The van der Waals surface area contributed by atoms with Crippen molar-refractivity contribution in [2.24, 2.45) is 5.41 Å². The maximum Gasteiger partial charge on any atom is 0.255 e. The van der Waals surface area contributed by atoms with Crippen molar-refractivity contribution in [1.29, 1.82) is 0 Å². The maximum absolute atomic E-state index is 13.2. The number of carbonyl (C=O) groups is 1. The van der Waals surface area contributed by atoms with Crippen LogP contribution in [0.1, 0.15) is 41.0 Å². The van der Waals surface area contributed by atoms with Crippen LogP contribution in [0.25, 0.3) is 5.69 Å². The Labute approximate surface area is 161 Å². The first-order valence-corrected chi connectivity index (χ1v) is 9.86. The zero-order valence-electron chi connectivity index (χ0n) is 16.5. The molecular formula is C22H29N3O2. The largest absolute Gasteiger partial charge is 0.497 e. The van der Waals surface area contributed by atoms with Gasteiger partial charge in [-0.25, -0.2) is 0 Å². The molecule has 5 heteroatoms. The predicted molar refractivity (Wildman–Crippen MR) is 107 cm³/mol. The summed E-state index contributed by atoms with van der Waals surface area (Å²) in [5, 5.41) is 3.49. The summed E-state index contributed by atoms with van der Waals surface area (Å²) >= 11 is 0. The average Bonchev–Trinajstić information content (AvgIpc) is 3.26. The number of ether oxygens (including phenoxy) is 1. The Hall–Kier alpha value is -2.27. The topological polar surface area (TPSA) is 46.5 Å². The summed E-state index contributed by atoms with van der Waals surface area (Å²) in [6.07, 6.45) is 3.48. The fraction of sp³-hybridized carbons (Fsp3) is 0.500. The summed E-state index contributed by atoms with van der Waals surface area (Å²) < 4.78 is 7.41. The van der Waals surface area contributed by atoms with Gasteiger partial charge < -0.3 is 19.5 Å². The molecule has 0 unspecified atom stereocenters. The van der Waals surface area contributed by atoms with E-state index in [1.54, 1.807) is 7.11 Å². The Morgan fingerprint density at radius 3 is 2.41 bits per heavy atom. The van der Waals surface area contributed by atoms with E-state index in [4.69, 9.17) is 4.74 Å². The van der Waals surface area contributed by atoms with Gasteiger partial charge in [-0.3, -0.25) is 4.79 Å². The summed E-state index contributed by atoms with van der Waals surface area (Å²) in [5.41, 5.74) is 4.39. The molecule has 4 rings (SSSR count). The summed E-state index contributed by atoms with van der Waals surface area (Å²) in [6.45, 7) is 8.07. The number of aryl methyl sites for hydroxylation is 1. The van der Waals surface area contributed by atoms with Crippen LogP contribution in [0.5, 0.6) is 5.75 Å². The molecule has 144 valence electrons. The van der Waals surface area contributed by atoms with E-state index in [-0.39, 0.29) is 5.91 Å². The number of nitrogens with zero attached hydrogens (tertiary/aromatic N) is 2. The molecule has 0 bridgehead atoms. The van der Waals surface area contributed by atoms with Gasteiger partial charge in [0.05, 0.1) is 12.7 Å². The van der Waals surface area contributed by atoms with Crippen LogP contribution in [0.4, 0.5) is 0 Å². The number of benzene rings is 1. The number of rotatable bonds is 3. The fourth-order valence-electron chi connectivity index (χ4n) is 4.68. The number of carbonyl (C=O) groups excluding carboxylic acids is 1. The standard InChI is InChI=1S/C22H29N3O2/c1-16-14-20(17(2)25(16)18-4-6-19(27-3)7-5-18)21(26)24-12-9-22(10-13-24)8-11-23-15-22/h4-7,14,23H,8-13,15H2,1-3H3. The Kier molecular flexibility index (Phi) is 4.72. The van der Waals surface area contributed by atoms with Crippen LogP contribution in [0.3, 0.4) is 0 Å². The molecule has 0 aliphatic carbocycles. The first-order chi connectivity index (χ1) is 13.0. The Morgan fingerprint density at radius 2 is 1.81 bits per heavy atom. The Bertz CT molecular complexity index is 822. The van der Waals surface area contributed by atoms with Gasteiger partial charge in [0.15, 0.2) is 0 Å². The van der Waals surface area contributed by atoms with E-state index in [0.717, 1.165) is 67.4 Å². The van der Waals surface area contributed by atoms with Crippen LogP contribution in [0.15, 0.2) is 30.3 Å². The van der Waals surface area contributed by atoms with Crippen molar-refractivity contribution in [1.82, 2.24) is 14.8 Å². The lowest BCUT2D eigenvalue weighted by Gasteiger charge is -2.38. The van der Waals surface area contributed by atoms with Gasteiger partial charge in [0, 0.05) is 36.7 Å². The molecular weight excluding hydrogens is 338 g/mol. The molecule has 1 N–H and O–H groups in total. The second-order valence-corrected chi connectivity index (χ2v) is 8.04. The highest BCUT2D eigenvalue weighted by Crippen LogP contribution is 2.37. The molecule has 1 spiro atoms. The minimum Gasteiger partial charge on any atom is -0.497 e. The molecule has 0 radical (unpaired) electrons. The molecule has 27 heavy (non-hydrogen) atoms. The zero-order valence-corrected chi connectivity index (χ0v) is 16.5. The van der Waals surface area contributed by atoms with E-state index >= 15 is 0 Å². The number of hydrogen-bond donors (Lipinski definition) is 1. The number of likely N-dealkylation sites (tertiary alicyclic amines) is 1. The first kappa shape index (κ1) is 18.1. The van der Waals surface area contributed by atoms with Gasteiger partial charge in [-0.2, -0.15) is 0 Å². The molecule has 2 aliphatic heterocycles. The minimum atomic E-state index is 0.170. The number of amides is 1. The first-order valence-electron chi connectivity index (χ1n) is 9.86. The van der Waals surface area contributed by atoms with E-state index in [0.29, 0.717) is 5.41 Å².